The molecule has 0 bridgehead atoms. The number of fused-ring (bicyclic) bond motifs is 2. The van der Waals surface area contributed by atoms with Crippen molar-refractivity contribution in [2.45, 2.75) is 12.6 Å². The van der Waals surface area contributed by atoms with Crippen LogP contribution in [0.15, 0.2) is 70.2 Å². The number of benzene rings is 2. The molecule has 0 saturated heterocycles. The van der Waals surface area contributed by atoms with Crippen molar-refractivity contribution in [2.24, 2.45) is 0 Å². The van der Waals surface area contributed by atoms with Crippen LogP contribution in [0.2, 0.25) is 0 Å². The summed E-state index contributed by atoms with van der Waals surface area (Å²) in [7, 11) is 0. The molecule has 1 aliphatic heterocycles. The molecule has 29 heavy (non-hydrogen) atoms. The Morgan fingerprint density at radius 1 is 1.10 bits per heavy atom. The van der Waals surface area contributed by atoms with Crippen molar-refractivity contribution in [1.29, 1.82) is 0 Å². The number of aromatic nitrogens is 3. The summed E-state index contributed by atoms with van der Waals surface area (Å²) < 4.78 is 14.6. The number of rotatable bonds is 4. The third-order valence-corrected chi connectivity index (χ3v) is 5.37. The van der Waals surface area contributed by atoms with Crippen molar-refractivity contribution in [2.75, 3.05) is 6.79 Å². The Bertz CT molecular complexity index is 1280. The van der Waals surface area contributed by atoms with Crippen LogP contribution in [0, 0.1) is 0 Å². The minimum atomic E-state index is -0.864. The number of aliphatic hydroxyl groups excluding tert-OH is 1. The summed E-state index contributed by atoms with van der Waals surface area (Å²) in [5.74, 6) is 1.25. The summed E-state index contributed by atoms with van der Waals surface area (Å²) in [5.41, 5.74) is 2.50. The van der Waals surface area contributed by atoms with Crippen LogP contribution in [0.5, 0.6) is 11.5 Å². The van der Waals surface area contributed by atoms with Crippen LogP contribution in [-0.2, 0) is 6.54 Å². The SMILES string of the molecule is O=c1c2cc(-c3cccc(Br)c3)nn2ccn1C[C@@H](O)c1ccc2c(c1)OCO2. The number of nitrogens with zero attached hydrogens (tertiary/aromatic N) is 3. The fraction of sp³-hybridized carbons (Fsp3) is 0.143. The van der Waals surface area contributed by atoms with E-state index >= 15 is 0 Å². The van der Waals surface area contributed by atoms with Gasteiger partial charge < -0.3 is 19.1 Å². The predicted octanol–water partition coefficient (Wildman–Crippen LogP) is 3.39. The fourth-order valence-corrected chi connectivity index (χ4v) is 3.77. The van der Waals surface area contributed by atoms with Crippen molar-refractivity contribution < 1.29 is 14.6 Å². The molecule has 0 aliphatic carbocycles. The maximum atomic E-state index is 12.9. The highest BCUT2D eigenvalue weighted by molar-refractivity contribution is 9.10. The molecule has 0 amide bonds. The van der Waals surface area contributed by atoms with Crippen LogP contribution in [0.25, 0.3) is 16.8 Å². The van der Waals surface area contributed by atoms with E-state index in [1.54, 1.807) is 41.2 Å². The maximum absolute atomic E-state index is 12.9. The van der Waals surface area contributed by atoms with Gasteiger partial charge in [-0.15, -0.1) is 0 Å². The number of aliphatic hydroxyl groups is 1. The second kappa shape index (κ2) is 7.06. The van der Waals surface area contributed by atoms with E-state index in [1.165, 1.54) is 4.57 Å². The van der Waals surface area contributed by atoms with Crippen molar-refractivity contribution >= 4 is 21.4 Å². The molecule has 3 heterocycles. The molecule has 1 aliphatic rings. The smallest absolute Gasteiger partial charge is 0.276 e. The summed E-state index contributed by atoms with van der Waals surface area (Å²) in [6, 6.07) is 14.8. The Hall–Kier alpha value is -3.10. The van der Waals surface area contributed by atoms with Gasteiger partial charge in [0.15, 0.2) is 11.5 Å². The van der Waals surface area contributed by atoms with E-state index in [0.717, 1.165) is 10.0 Å². The highest BCUT2D eigenvalue weighted by Crippen LogP contribution is 2.34. The van der Waals surface area contributed by atoms with E-state index in [2.05, 4.69) is 21.0 Å². The largest absolute Gasteiger partial charge is 0.454 e. The van der Waals surface area contributed by atoms with Gasteiger partial charge in [0.05, 0.1) is 18.3 Å². The van der Waals surface area contributed by atoms with E-state index in [9.17, 15) is 9.90 Å². The van der Waals surface area contributed by atoms with Crippen molar-refractivity contribution in [3.8, 4) is 22.8 Å². The van der Waals surface area contributed by atoms with Crippen LogP contribution in [0.4, 0.5) is 0 Å². The zero-order valence-corrected chi connectivity index (χ0v) is 16.7. The minimum absolute atomic E-state index is 0.117. The lowest BCUT2D eigenvalue weighted by atomic mass is 10.1. The number of ether oxygens (including phenoxy) is 2. The number of halogens is 1. The van der Waals surface area contributed by atoms with Gasteiger partial charge in [-0.1, -0.05) is 34.1 Å². The molecule has 4 aromatic rings. The van der Waals surface area contributed by atoms with Crippen molar-refractivity contribution in [3.05, 3.63) is 81.3 Å². The normalized spacial score (nSPS) is 13.7. The van der Waals surface area contributed by atoms with Gasteiger partial charge in [0.25, 0.3) is 5.56 Å². The Labute approximate surface area is 173 Å². The molecule has 8 heteroatoms. The van der Waals surface area contributed by atoms with Gasteiger partial charge >= 0.3 is 0 Å². The number of hydrogen-bond acceptors (Lipinski definition) is 5. The Balaban J connectivity index is 1.46. The van der Waals surface area contributed by atoms with Gasteiger partial charge in [-0.05, 0) is 35.9 Å². The first-order valence-corrected chi connectivity index (χ1v) is 9.80. The highest BCUT2D eigenvalue weighted by Gasteiger charge is 2.18. The van der Waals surface area contributed by atoms with E-state index in [-0.39, 0.29) is 18.9 Å². The first-order chi connectivity index (χ1) is 14.1. The highest BCUT2D eigenvalue weighted by atomic mass is 79.9. The number of hydrogen-bond donors (Lipinski definition) is 1. The Morgan fingerprint density at radius 3 is 2.83 bits per heavy atom. The topological polar surface area (TPSA) is 78.0 Å². The summed E-state index contributed by atoms with van der Waals surface area (Å²) >= 11 is 3.45. The monoisotopic (exact) mass is 453 g/mol. The first kappa shape index (κ1) is 18.0. The maximum Gasteiger partial charge on any atom is 0.276 e. The summed E-state index contributed by atoms with van der Waals surface area (Å²) in [6.07, 6.45) is 2.48. The van der Waals surface area contributed by atoms with Gasteiger partial charge in [0.1, 0.15) is 5.52 Å². The quantitative estimate of drug-likeness (QED) is 0.512. The van der Waals surface area contributed by atoms with Crippen LogP contribution in [-0.4, -0.2) is 26.1 Å². The first-order valence-electron chi connectivity index (χ1n) is 9.01. The molecular formula is C21H16BrN3O4. The minimum Gasteiger partial charge on any atom is -0.454 e. The molecule has 5 rings (SSSR count). The standard InChI is InChI=1S/C21H16BrN3O4/c22-15-3-1-2-13(8-15)16-10-17-21(27)24(6-7-25(17)23-16)11-18(26)14-4-5-19-20(9-14)29-12-28-19/h1-10,18,26H,11-12H2/t18-/m1/s1. The molecule has 2 aromatic carbocycles. The van der Waals surface area contributed by atoms with Gasteiger partial charge in [-0.25, -0.2) is 4.52 Å². The van der Waals surface area contributed by atoms with Crippen LogP contribution >= 0.6 is 15.9 Å². The summed E-state index contributed by atoms with van der Waals surface area (Å²) in [5, 5.41) is 15.1. The van der Waals surface area contributed by atoms with E-state index < -0.39 is 6.10 Å². The third kappa shape index (κ3) is 3.30. The van der Waals surface area contributed by atoms with Crippen LogP contribution < -0.4 is 15.0 Å². The van der Waals surface area contributed by atoms with E-state index in [1.807, 2.05) is 24.3 Å². The average molecular weight is 454 g/mol. The molecule has 1 N–H and O–H groups in total. The molecule has 0 saturated carbocycles. The van der Waals surface area contributed by atoms with Crippen LogP contribution in [0.1, 0.15) is 11.7 Å². The van der Waals surface area contributed by atoms with Crippen molar-refractivity contribution in [3.63, 3.8) is 0 Å². The van der Waals surface area contributed by atoms with Crippen molar-refractivity contribution in [1.82, 2.24) is 14.2 Å². The second-order valence-corrected chi connectivity index (χ2v) is 7.67. The molecule has 7 nitrogen and oxygen atoms in total. The summed E-state index contributed by atoms with van der Waals surface area (Å²) in [6.45, 7) is 0.291. The van der Waals surface area contributed by atoms with Gasteiger partial charge in [0.2, 0.25) is 6.79 Å². The van der Waals surface area contributed by atoms with Crippen LogP contribution in [0.3, 0.4) is 0 Å². The van der Waals surface area contributed by atoms with Gasteiger partial charge in [-0.3, -0.25) is 4.79 Å². The van der Waals surface area contributed by atoms with E-state index in [0.29, 0.717) is 28.3 Å². The Morgan fingerprint density at radius 2 is 1.97 bits per heavy atom. The second-order valence-electron chi connectivity index (χ2n) is 6.75. The molecule has 0 fully saturated rings. The Kier molecular flexibility index (Phi) is 4.37. The molecule has 1 atom stereocenters. The zero-order chi connectivity index (χ0) is 20.0. The van der Waals surface area contributed by atoms with Gasteiger partial charge in [-0.2, -0.15) is 5.10 Å². The molecule has 0 radical (unpaired) electrons. The molecule has 2 aromatic heterocycles. The predicted molar refractivity (Wildman–Crippen MR) is 110 cm³/mol. The molecule has 0 spiro atoms. The van der Waals surface area contributed by atoms with E-state index in [4.69, 9.17) is 9.47 Å². The lowest BCUT2D eigenvalue weighted by Crippen LogP contribution is -2.24. The lowest BCUT2D eigenvalue weighted by Gasteiger charge is -2.13. The third-order valence-electron chi connectivity index (χ3n) is 4.87. The molecule has 0 unspecified atom stereocenters. The fourth-order valence-electron chi connectivity index (χ4n) is 3.37. The summed E-state index contributed by atoms with van der Waals surface area (Å²) in [4.78, 5) is 12.9. The molecular weight excluding hydrogens is 438 g/mol. The lowest BCUT2D eigenvalue weighted by molar-refractivity contribution is 0.154. The molecule has 146 valence electrons. The van der Waals surface area contributed by atoms with Gasteiger partial charge in [0, 0.05) is 22.4 Å². The average Bonchev–Trinajstić information content (AvgIpc) is 3.36. The zero-order valence-electron chi connectivity index (χ0n) is 15.2.